The number of hydrogen-bond donors (Lipinski definition) is 5. The number of rotatable bonds is 8. The van der Waals surface area contributed by atoms with Gasteiger partial charge in [-0.1, -0.05) is 4.57 Å². The number of aromatic amines is 2. The molecule has 0 aromatic carbocycles. The van der Waals surface area contributed by atoms with E-state index >= 15 is 0 Å². The monoisotopic (exact) mass is 642 g/mol. The summed E-state index contributed by atoms with van der Waals surface area (Å²) in [5.41, 5.74) is 11.3. The molecule has 2 aliphatic heterocycles. The van der Waals surface area contributed by atoms with Crippen LogP contribution >= 0.6 is 15.4 Å². The molecule has 6 rings (SSSR count). The highest BCUT2D eigenvalue weighted by Gasteiger charge is 2.32. The summed E-state index contributed by atoms with van der Waals surface area (Å²) in [5, 5.41) is 0. The Bertz CT molecular complexity index is 1800. The summed E-state index contributed by atoms with van der Waals surface area (Å²) in [6.07, 6.45) is 0.562. The van der Waals surface area contributed by atoms with Crippen molar-refractivity contribution in [3.63, 3.8) is 0 Å². The van der Waals surface area contributed by atoms with Crippen molar-refractivity contribution in [1.29, 1.82) is 0 Å². The van der Waals surface area contributed by atoms with E-state index in [-0.39, 0.29) is 47.7 Å². The molecule has 2 fully saturated rings. The van der Waals surface area contributed by atoms with Gasteiger partial charge in [-0.15, -0.1) is 0 Å². The number of anilines is 2. The summed E-state index contributed by atoms with van der Waals surface area (Å²) in [4.78, 5) is 63.7. The van der Waals surface area contributed by atoms with E-state index in [0.717, 1.165) is 0 Å². The van der Waals surface area contributed by atoms with Gasteiger partial charge in [0.15, 0.2) is 34.8 Å². The SMILES string of the molecule is C[P+](=O)CC1OCC(Cn2cnc3c(=O)[nH]c(N)nc32)O1.Nc1nc2c(ncn2CC2COC(CP(=O)([O-])O)O2)c(=O)[nH]1. The molecule has 0 aliphatic carbocycles. The summed E-state index contributed by atoms with van der Waals surface area (Å²) in [6.45, 7) is 2.85. The summed E-state index contributed by atoms with van der Waals surface area (Å²) in [6, 6.07) is 0. The van der Waals surface area contributed by atoms with E-state index < -0.39 is 45.8 Å². The minimum absolute atomic E-state index is 0.0340. The van der Waals surface area contributed by atoms with Crippen LogP contribution in [0.5, 0.6) is 0 Å². The minimum atomic E-state index is -4.46. The van der Waals surface area contributed by atoms with Gasteiger partial charge in [0, 0.05) is 0 Å². The third-order valence-corrected chi connectivity index (χ3v) is 7.77. The lowest BCUT2D eigenvalue weighted by molar-refractivity contribution is -0.197. The van der Waals surface area contributed by atoms with Gasteiger partial charge in [0.1, 0.15) is 26.5 Å². The standard InChI is InChI=1S/C11H14N5O4P.C10H14N5O6P/c1-21(18)4-7-19-3-6(20-7)2-16-5-13-8-9(16)14-11(12)15-10(8)17;11-10-13-8-7(9(16)14-10)12-4-15(8)1-5-2-20-6(21-5)3-22(17,18)19/h5-7H,2-4H2,1H3,(H2-,12,14,15,17);4-6H,1-3H2,(H2,17,18,19)(H3,11,13,14,16). The first kappa shape index (κ1) is 30.8. The van der Waals surface area contributed by atoms with Crippen molar-refractivity contribution < 1.29 is 37.9 Å². The van der Waals surface area contributed by atoms with Crippen LogP contribution in [0.2, 0.25) is 0 Å². The van der Waals surface area contributed by atoms with Crippen molar-refractivity contribution >= 4 is 49.6 Å². The quantitative estimate of drug-likeness (QED) is 0.128. The molecule has 0 radical (unpaired) electrons. The lowest BCUT2D eigenvalue weighted by atomic mass is 10.4. The Morgan fingerprint density at radius 3 is 1.91 bits per heavy atom. The van der Waals surface area contributed by atoms with Gasteiger partial charge in [-0.25, -0.2) is 9.97 Å². The number of fused-ring (bicyclic) bond motifs is 2. The van der Waals surface area contributed by atoms with Gasteiger partial charge in [-0.05, 0) is 0 Å². The fraction of sp³-hybridized carbons (Fsp3) is 0.524. The van der Waals surface area contributed by atoms with Crippen molar-refractivity contribution in [2.24, 2.45) is 0 Å². The molecule has 6 atom stereocenters. The van der Waals surface area contributed by atoms with Crippen LogP contribution in [0, 0.1) is 0 Å². The molecule has 7 N–H and O–H groups in total. The van der Waals surface area contributed by atoms with Crippen LogP contribution in [-0.2, 0) is 41.2 Å². The maximum Gasteiger partial charge on any atom is 0.340 e. The zero-order valence-electron chi connectivity index (χ0n) is 22.6. The van der Waals surface area contributed by atoms with E-state index in [2.05, 4.69) is 29.9 Å². The molecule has 0 spiro atoms. The van der Waals surface area contributed by atoms with Crippen LogP contribution in [0.4, 0.5) is 11.9 Å². The third-order valence-electron chi connectivity index (χ3n) is 6.20. The number of nitrogens with one attached hydrogen (secondary N) is 2. The van der Waals surface area contributed by atoms with Crippen LogP contribution in [0.25, 0.3) is 22.3 Å². The van der Waals surface area contributed by atoms with Gasteiger partial charge >= 0.3 is 7.80 Å². The number of nitrogen functional groups attached to an aromatic ring is 2. The van der Waals surface area contributed by atoms with Crippen molar-refractivity contribution in [2.75, 3.05) is 43.7 Å². The lowest BCUT2D eigenvalue weighted by Crippen LogP contribution is -2.22. The first-order valence-corrected chi connectivity index (χ1v) is 16.4. The van der Waals surface area contributed by atoms with E-state index in [4.69, 9.17) is 35.3 Å². The fourth-order valence-corrected chi connectivity index (χ4v) is 5.62. The predicted molar refractivity (Wildman–Crippen MR) is 147 cm³/mol. The topological polar surface area (TPSA) is 294 Å². The first-order chi connectivity index (χ1) is 20.3. The second kappa shape index (κ2) is 12.6. The van der Waals surface area contributed by atoms with E-state index in [9.17, 15) is 23.6 Å². The van der Waals surface area contributed by atoms with Crippen LogP contribution in [0.1, 0.15) is 0 Å². The molecular weight excluding hydrogens is 614 g/mol. The molecule has 4 aromatic heterocycles. The largest absolute Gasteiger partial charge is 0.778 e. The second-order valence-electron chi connectivity index (χ2n) is 9.71. The number of ether oxygens (including phenoxy) is 4. The molecule has 22 heteroatoms. The van der Waals surface area contributed by atoms with Crippen molar-refractivity contribution in [3.05, 3.63) is 33.4 Å². The molecule has 6 unspecified atom stereocenters. The van der Waals surface area contributed by atoms with Crippen molar-refractivity contribution in [1.82, 2.24) is 39.0 Å². The first-order valence-electron chi connectivity index (χ1n) is 12.7. The average Bonchev–Trinajstić information content (AvgIpc) is 3.68. The Morgan fingerprint density at radius 1 is 0.977 bits per heavy atom. The van der Waals surface area contributed by atoms with Crippen LogP contribution < -0.4 is 27.5 Å². The highest BCUT2D eigenvalue weighted by molar-refractivity contribution is 7.50. The predicted octanol–water partition coefficient (Wildman–Crippen LogP) is -2.11. The van der Waals surface area contributed by atoms with Gasteiger partial charge in [-0.3, -0.25) is 19.6 Å². The molecule has 6 heterocycles. The fourth-order valence-electron chi connectivity index (χ4n) is 4.44. The summed E-state index contributed by atoms with van der Waals surface area (Å²) < 4.78 is 46.9. The smallest absolute Gasteiger partial charge is 0.340 e. The van der Waals surface area contributed by atoms with E-state index in [1.807, 2.05) is 0 Å². The number of imidazole rings is 2. The molecule has 4 aromatic rings. The molecule has 0 amide bonds. The summed E-state index contributed by atoms with van der Waals surface area (Å²) in [7, 11) is -5.77. The normalized spacial score (nSPS) is 23.7. The van der Waals surface area contributed by atoms with Gasteiger partial charge in [0.2, 0.25) is 18.2 Å². The average molecular weight is 642 g/mol. The Balaban J connectivity index is 0.000000171. The molecule has 43 heavy (non-hydrogen) atoms. The van der Waals surface area contributed by atoms with Gasteiger partial charge in [0.05, 0.1) is 45.1 Å². The Morgan fingerprint density at radius 2 is 1.44 bits per heavy atom. The van der Waals surface area contributed by atoms with E-state index in [1.165, 1.54) is 12.7 Å². The number of H-pyrrole nitrogens is 2. The van der Waals surface area contributed by atoms with Crippen LogP contribution in [0.3, 0.4) is 0 Å². The molecule has 0 saturated carbocycles. The number of aromatic nitrogens is 8. The van der Waals surface area contributed by atoms with E-state index in [0.29, 0.717) is 30.6 Å². The molecule has 232 valence electrons. The van der Waals surface area contributed by atoms with Crippen molar-refractivity contribution in [2.45, 2.75) is 37.9 Å². The number of nitrogens with two attached hydrogens (primary N) is 2. The maximum atomic E-state index is 11.7. The highest BCUT2D eigenvalue weighted by Crippen LogP contribution is 2.33. The minimum Gasteiger partial charge on any atom is -0.778 e. The Hall–Kier alpha value is -3.61. The van der Waals surface area contributed by atoms with E-state index in [1.54, 1.807) is 15.8 Å². The Kier molecular flexibility index (Phi) is 9.00. The summed E-state index contributed by atoms with van der Waals surface area (Å²) >= 11 is 0. The van der Waals surface area contributed by atoms with Crippen LogP contribution in [0.15, 0.2) is 22.2 Å². The Labute approximate surface area is 241 Å². The van der Waals surface area contributed by atoms with Gasteiger partial charge in [-0.2, -0.15) is 9.97 Å². The van der Waals surface area contributed by atoms with Gasteiger partial charge in [0.25, 0.3) is 11.1 Å². The summed E-state index contributed by atoms with van der Waals surface area (Å²) in [5.74, 6) is 0.00647. The zero-order chi connectivity index (χ0) is 30.9. The second-order valence-corrected chi connectivity index (χ2v) is 13.0. The molecular formula is C21H28N10O10P2. The zero-order valence-corrected chi connectivity index (χ0v) is 24.3. The highest BCUT2D eigenvalue weighted by atomic mass is 31.2. The molecule has 2 saturated heterocycles. The molecule has 20 nitrogen and oxygen atoms in total. The number of nitrogens with zero attached hydrogens (tertiary/aromatic N) is 6. The van der Waals surface area contributed by atoms with Gasteiger partial charge < -0.3 is 53.9 Å². The number of hydrogen-bond acceptors (Lipinski definition) is 15. The lowest BCUT2D eigenvalue weighted by Gasteiger charge is -2.19. The molecule has 0 bridgehead atoms. The van der Waals surface area contributed by atoms with Crippen LogP contribution in [-0.4, -0.2) is 101 Å². The molecule has 2 aliphatic rings. The van der Waals surface area contributed by atoms with Crippen molar-refractivity contribution in [3.8, 4) is 0 Å². The maximum absolute atomic E-state index is 11.7. The third kappa shape index (κ3) is 7.67.